The molecule has 0 aromatic carbocycles. The van der Waals surface area contributed by atoms with Gasteiger partial charge < -0.3 is 9.84 Å². The standard InChI is InChI=1S/C15H21F3O3S/c1-3-10(14(20)21-2)12-7-8-13(22-12)11(19)6-4-5-9-15(16,17)18/h7-8,10-11,19H,3-6,9H2,1-2H3. The van der Waals surface area contributed by atoms with E-state index in [1.165, 1.54) is 18.4 Å². The van der Waals surface area contributed by atoms with Crippen LogP contribution in [0.2, 0.25) is 0 Å². The predicted octanol–water partition coefficient (Wildman–Crippen LogP) is 4.57. The molecule has 0 saturated carbocycles. The number of carbonyl (C=O) groups is 1. The molecule has 0 amide bonds. The zero-order valence-electron chi connectivity index (χ0n) is 12.7. The second-order valence-corrected chi connectivity index (χ2v) is 6.25. The van der Waals surface area contributed by atoms with E-state index in [-0.39, 0.29) is 24.7 Å². The highest BCUT2D eigenvalue weighted by atomic mass is 32.1. The van der Waals surface area contributed by atoms with Crippen molar-refractivity contribution in [1.82, 2.24) is 0 Å². The number of aliphatic hydroxyl groups is 1. The van der Waals surface area contributed by atoms with E-state index in [2.05, 4.69) is 0 Å². The van der Waals surface area contributed by atoms with Crippen molar-refractivity contribution >= 4 is 17.3 Å². The van der Waals surface area contributed by atoms with E-state index in [0.717, 1.165) is 4.88 Å². The molecule has 126 valence electrons. The SMILES string of the molecule is CCC(C(=O)OC)c1ccc(C(O)CCCCC(F)(F)F)s1. The summed E-state index contributed by atoms with van der Waals surface area (Å²) in [6.07, 6.45) is -4.56. The largest absolute Gasteiger partial charge is 0.469 e. The molecular weight excluding hydrogens is 317 g/mol. The number of rotatable bonds is 8. The van der Waals surface area contributed by atoms with E-state index in [4.69, 9.17) is 4.74 Å². The third kappa shape index (κ3) is 5.96. The van der Waals surface area contributed by atoms with Gasteiger partial charge in [-0.2, -0.15) is 13.2 Å². The average Bonchev–Trinajstić information content (AvgIpc) is 2.92. The van der Waals surface area contributed by atoms with Crippen LogP contribution in [0.4, 0.5) is 13.2 Å². The van der Waals surface area contributed by atoms with Crippen LogP contribution in [0.5, 0.6) is 0 Å². The molecule has 1 aromatic rings. The van der Waals surface area contributed by atoms with Gasteiger partial charge in [-0.25, -0.2) is 0 Å². The zero-order chi connectivity index (χ0) is 16.8. The van der Waals surface area contributed by atoms with Gasteiger partial charge in [-0.15, -0.1) is 11.3 Å². The Labute approximate surface area is 132 Å². The van der Waals surface area contributed by atoms with Gasteiger partial charge in [0.1, 0.15) is 0 Å². The fourth-order valence-electron chi connectivity index (χ4n) is 2.17. The maximum Gasteiger partial charge on any atom is 0.389 e. The average molecular weight is 338 g/mol. The summed E-state index contributed by atoms with van der Waals surface area (Å²) in [7, 11) is 1.33. The van der Waals surface area contributed by atoms with Crippen molar-refractivity contribution in [2.24, 2.45) is 0 Å². The first-order valence-electron chi connectivity index (χ1n) is 7.20. The van der Waals surface area contributed by atoms with Crippen LogP contribution in [-0.4, -0.2) is 24.4 Å². The Balaban J connectivity index is 2.54. The van der Waals surface area contributed by atoms with E-state index in [1.807, 2.05) is 6.92 Å². The van der Waals surface area contributed by atoms with Crippen LogP contribution >= 0.6 is 11.3 Å². The van der Waals surface area contributed by atoms with Gasteiger partial charge in [-0.1, -0.05) is 13.3 Å². The number of hydrogen-bond donors (Lipinski definition) is 1. The number of unbranched alkanes of at least 4 members (excludes halogenated alkanes) is 1. The van der Waals surface area contributed by atoms with E-state index in [1.54, 1.807) is 12.1 Å². The number of methoxy groups -OCH3 is 1. The second kappa shape index (κ2) is 8.53. The molecule has 1 heterocycles. The van der Waals surface area contributed by atoms with E-state index < -0.39 is 18.7 Å². The lowest BCUT2D eigenvalue weighted by Crippen LogP contribution is -2.11. The molecule has 0 bridgehead atoms. The molecule has 3 nitrogen and oxygen atoms in total. The number of ether oxygens (including phenoxy) is 1. The topological polar surface area (TPSA) is 46.5 Å². The van der Waals surface area contributed by atoms with Crippen LogP contribution in [0.1, 0.15) is 60.8 Å². The molecule has 0 fully saturated rings. The Kier molecular flexibility index (Phi) is 7.35. The van der Waals surface area contributed by atoms with E-state index in [0.29, 0.717) is 17.7 Å². The summed E-state index contributed by atoms with van der Waals surface area (Å²) in [4.78, 5) is 13.1. The molecule has 0 aliphatic heterocycles. The molecule has 7 heteroatoms. The number of alkyl halides is 3. The number of hydrogen-bond acceptors (Lipinski definition) is 4. The minimum Gasteiger partial charge on any atom is -0.469 e. The molecule has 0 aliphatic rings. The monoisotopic (exact) mass is 338 g/mol. The number of aliphatic hydroxyl groups excluding tert-OH is 1. The van der Waals surface area contributed by atoms with Crippen LogP contribution in [0.25, 0.3) is 0 Å². The maximum absolute atomic E-state index is 12.0. The van der Waals surface area contributed by atoms with Gasteiger partial charge >= 0.3 is 12.1 Å². The van der Waals surface area contributed by atoms with Crippen LogP contribution in [-0.2, 0) is 9.53 Å². The molecule has 22 heavy (non-hydrogen) atoms. The summed E-state index contributed by atoms with van der Waals surface area (Å²) >= 11 is 1.31. The van der Waals surface area contributed by atoms with Crippen LogP contribution < -0.4 is 0 Å². The molecular formula is C15H21F3O3S. The Morgan fingerprint density at radius 1 is 1.32 bits per heavy atom. The molecule has 1 aromatic heterocycles. The van der Waals surface area contributed by atoms with E-state index in [9.17, 15) is 23.1 Å². The highest BCUT2D eigenvalue weighted by Crippen LogP contribution is 2.33. The molecule has 0 aliphatic carbocycles. The minimum atomic E-state index is -4.14. The van der Waals surface area contributed by atoms with Crippen molar-refractivity contribution in [3.8, 4) is 0 Å². The smallest absolute Gasteiger partial charge is 0.389 e. The Bertz CT molecular complexity index is 471. The first kappa shape index (κ1) is 19.0. The van der Waals surface area contributed by atoms with Gasteiger partial charge in [0, 0.05) is 16.2 Å². The van der Waals surface area contributed by atoms with Crippen molar-refractivity contribution in [2.75, 3.05) is 7.11 Å². The summed E-state index contributed by atoms with van der Waals surface area (Å²) in [5.74, 6) is -0.684. The quantitative estimate of drug-likeness (QED) is 0.558. The van der Waals surface area contributed by atoms with Gasteiger partial charge in [0.25, 0.3) is 0 Å². The lowest BCUT2D eigenvalue weighted by Gasteiger charge is -2.11. The summed E-state index contributed by atoms with van der Waals surface area (Å²) in [6, 6.07) is 3.49. The molecule has 0 saturated heterocycles. The van der Waals surface area contributed by atoms with Crippen molar-refractivity contribution < 1.29 is 27.8 Å². The molecule has 2 atom stereocenters. The molecule has 0 spiro atoms. The molecule has 1 N–H and O–H groups in total. The number of halogens is 3. The number of esters is 1. The minimum absolute atomic E-state index is 0.0124. The Morgan fingerprint density at radius 2 is 1.95 bits per heavy atom. The van der Waals surface area contributed by atoms with Gasteiger partial charge in [0.05, 0.1) is 19.1 Å². The number of carbonyl (C=O) groups excluding carboxylic acids is 1. The first-order chi connectivity index (χ1) is 10.3. The van der Waals surface area contributed by atoms with E-state index >= 15 is 0 Å². The van der Waals surface area contributed by atoms with Gasteiger partial charge in [0.2, 0.25) is 0 Å². The third-order valence-electron chi connectivity index (χ3n) is 3.40. The van der Waals surface area contributed by atoms with Crippen molar-refractivity contribution in [1.29, 1.82) is 0 Å². The molecule has 1 rings (SSSR count). The fourth-order valence-corrected chi connectivity index (χ4v) is 3.37. The highest BCUT2D eigenvalue weighted by Gasteiger charge is 2.26. The number of thiophene rings is 1. The van der Waals surface area contributed by atoms with Crippen LogP contribution in [0.15, 0.2) is 12.1 Å². The lowest BCUT2D eigenvalue weighted by atomic mass is 10.1. The summed E-state index contributed by atoms with van der Waals surface area (Å²) in [6.45, 7) is 1.87. The summed E-state index contributed by atoms with van der Waals surface area (Å²) in [5, 5.41) is 10.0. The summed E-state index contributed by atoms with van der Waals surface area (Å²) in [5.41, 5.74) is 0. The van der Waals surface area contributed by atoms with Crippen molar-refractivity contribution in [2.45, 2.75) is 57.2 Å². The summed E-state index contributed by atoms with van der Waals surface area (Å²) < 4.78 is 40.9. The predicted molar refractivity (Wildman–Crippen MR) is 78.8 cm³/mol. The molecule has 2 unspecified atom stereocenters. The highest BCUT2D eigenvalue weighted by molar-refractivity contribution is 7.12. The Morgan fingerprint density at radius 3 is 2.50 bits per heavy atom. The normalized spacial score (nSPS) is 14.6. The zero-order valence-corrected chi connectivity index (χ0v) is 13.5. The van der Waals surface area contributed by atoms with Crippen molar-refractivity contribution in [3.05, 3.63) is 21.9 Å². The molecule has 0 radical (unpaired) electrons. The van der Waals surface area contributed by atoms with Gasteiger partial charge in [-0.3, -0.25) is 4.79 Å². The van der Waals surface area contributed by atoms with Gasteiger partial charge in [-0.05, 0) is 31.4 Å². The third-order valence-corrected chi connectivity index (χ3v) is 4.70. The van der Waals surface area contributed by atoms with Gasteiger partial charge in [0.15, 0.2) is 0 Å². The Hall–Kier alpha value is -1.08. The van der Waals surface area contributed by atoms with Crippen LogP contribution in [0, 0.1) is 0 Å². The fraction of sp³-hybridized carbons (Fsp3) is 0.667. The maximum atomic E-state index is 12.0. The first-order valence-corrected chi connectivity index (χ1v) is 8.02. The van der Waals surface area contributed by atoms with Crippen molar-refractivity contribution in [3.63, 3.8) is 0 Å². The van der Waals surface area contributed by atoms with Crippen LogP contribution in [0.3, 0.4) is 0 Å². The lowest BCUT2D eigenvalue weighted by molar-refractivity contribution is -0.142. The second-order valence-electron chi connectivity index (χ2n) is 5.10.